The first kappa shape index (κ1) is 19.1. The van der Waals surface area contributed by atoms with Gasteiger partial charge in [0.2, 0.25) is 0 Å². The minimum absolute atomic E-state index is 0.0270. The quantitative estimate of drug-likeness (QED) is 0.625. The average molecular weight is 422 g/mol. The number of piperidine rings is 1. The van der Waals surface area contributed by atoms with Crippen LogP contribution in [-0.4, -0.2) is 52.0 Å². The van der Waals surface area contributed by atoms with Crippen molar-refractivity contribution in [2.24, 2.45) is 0 Å². The summed E-state index contributed by atoms with van der Waals surface area (Å²) in [6.07, 6.45) is 1.02. The maximum Gasteiger partial charge on any atom is 0.411 e. The number of carbonyl (C=O) groups is 2. The lowest BCUT2D eigenvalue weighted by atomic mass is 9.98. The first-order chi connectivity index (χ1) is 14.6. The summed E-state index contributed by atoms with van der Waals surface area (Å²) in [5, 5.41) is 0. The molecule has 2 saturated heterocycles. The van der Waals surface area contributed by atoms with Crippen LogP contribution in [0.2, 0.25) is 0 Å². The summed E-state index contributed by atoms with van der Waals surface area (Å²) in [5.41, 5.74) is 4.43. The molecule has 0 radical (unpaired) electrons. The number of carbonyl (C=O) groups excluding carboxylic acids is 2. The lowest BCUT2D eigenvalue weighted by Crippen LogP contribution is -2.49. The van der Waals surface area contributed by atoms with Crippen LogP contribution in [-0.2, 0) is 4.74 Å². The highest BCUT2D eigenvalue weighted by Crippen LogP contribution is 2.36. The summed E-state index contributed by atoms with van der Waals surface area (Å²) in [5.74, 6) is 0.0444. The molecule has 2 unspecified atom stereocenters. The third-order valence-corrected chi connectivity index (χ3v) is 6.96. The molecule has 30 heavy (non-hydrogen) atoms. The largest absolute Gasteiger partial charge is 0.439 e. The van der Waals surface area contributed by atoms with Gasteiger partial charge in [-0.2, -0.15) is 0 Å². The van der Waals surface area contributed by atoms with Crippen LogP contribution in [0.4, 0.5) is 4.79 Å². The van der Waals surface area contributed by atoms with Gasteiger partial charge in [-0.1, -0.05) is 30.3 Å². The van der Waals surface area contributed by atoms with Gasteiger partial charge in [0.15, 0.2) is 0 Å². The van der Waals surface area contributed by atoms with Crippen LogP contribution in [0.3, 0.4) is 0 Å². The van der Waals surface area contributed by atoms with E-state index in [4.69, 9.17) is 4.74 Å². The summed E-state index contributed by atoms with van der Waals surface area (Å²) in [4.78, 5) is 33.6. The van der Waals surface area contributed by atoms with Crippen LogP contribution in [0.1, 0.15) is 41.8 Å². The van der Waals surface area contributed by atoms with Crippen molar-refractivity contribution in [1.29, 1.82) is 0 Å². The van der Waals surface area contributed by atoms with Crippen LogP contribution < -0.4 is 0 Å². The average Bonchev–Trinajstić information content (AvgIpc) is 3.37. The van der Waals surface area contributed by atoms with Crippen molar-refractivity contribution in [3.63, 3.8) is 0 Å². The molecule has 0 aliphatic carbocycles. The Balaban J connectivity index is 1.25. The topological polar surface area (TPSA) is 62.7 Å². The van der Waals surface area contributed by atoms with E-state index in [0.29, 0.717) is 18.7 Å². The number of nitrogens with zero attached hydrogens (tertiary/aromatic N) is 3. The van der Waals surface area contributed by atoms with Crippen LogP contribution in [0.25, 0.3) is 10.2 Å². The van der Waals surface area contributed by atoms with Gasteiger partial charge >= 0.3 is 6.09 Å². The third-order valence-electron chi connectivity index (χ3n) is 6.17. The Morgan fingerprint density at radius 3 is 2.67 bits per heavy atom. The zero-order valence-corrected chi connectivity index (χ0v) is 17.5. The number of hydrogen-bond donors (Lipinski definition) is 0. The fraction of sp³-hybridized carbons (Fsp3) is 0.348. The van der Waals surface area contributed by atoms with Crippen molar-refractivity contribution in [2.75, 3.05) is 13.1 Å². The molecule has 1 aromatic heterocycles. The molecule has 2 aliphatic rings. The van der Waals surface area contributed by atoms with Crippen molar-refractivity contribution in [3.8, 4) is 0 Å². The Hall–Kier alpha value is -2.93. The minimum atomic E-state index is -0.253. The van der Waals surface area contributed by atoms with Crippen molar-refractivity contribution in [2.45, 2.75) is 38.0 Å². The predicted octanol–water partition coefficient (Wildman–Crippen LogP) is 4.48. The van der Waals surface area contributed by atoms with Gasteiger partial charge in [-0.25, -0.2) is 9.78 Å². The van der Waals surface area contributed by atoms with Gasteiger partial charge in [-0.15, -0.1) is 11.3 Å². The van der Waals surface area contributed by atoms with E-state index >= 15 is 0 Å². The molecule has 7 heteroatoms. The molecular formula is C23H23N3O3S. The second-order valence-electron chi connectivity index (χ2n) is 7.92. The fourth-order valence-corrected chi connectivity index (χ4v) is 5.29. The maximum absolute atomic E-state index is 13.0. The molecule has 0 saturated carbocycles. The molecular weight excluding hydrogens is 398 g/mol. The van der Waals surface area contributed by atoms with Crippen molar-refractivity contribution in [1.82, 2.24) is 14.8 Å². The van der Waals surface area contributed by atoms with Gasteiger partial charge in [0.1, 0.15) is 6.10 Å². The molecule has 2 aliphatic heterocycles. The summed E-state index contributed by atoms with van der Waals surface area (Å²) >= 11 is 1.54. The Morgan fingerprint density at radius 2 is 1.90 bits per heavy atom. The molecule has 2 aromatic carbocycles. The number of thiazole rings is 1. The number of fused-ring (bicyclic) bond motifs is 1. The highest BCUT2D eigenvalue weighted by Gasteiger charge is 2.44. The number of amides is 2. The molecule has 5 rings (SSSR count). The van der Waals surface area contributed by atoms with E-state index in [1.54, 1.807) is 16.8 Å². The van der Waals surface area contributed by atoms with Crippen molar-refractivity contribution < 1.29 is 14.3 Å². The number of ether oxygens (including phenoxy) is 1. The molecule has 3 heterocycles. The number of cyclic esters (lactones) is 1. The van der Waals surface area contributed by atoms with E-state index in [-0.39, 0.29) is 30.2 Å². The first-order valence-corrected chi connectivity index (χ1v) is 11.2. The SMILES string of the molecule is CC1C(c2ccccc2)OC(=O)N1C1CCN(C(=O)c2ccc3ncsc3c2)CC1. The smallest absolute Gasteiger partial charge is 0.411 e. The molecule has 2 amide bonds. The van der Waals surface area contributed by atoms with Gasteiger partial charge in [0, 0.05) is 24.7 Å². The van der Waals surface area contributed by atoms with E-state index in [0.717, 1.165) is 28.6 Å². The number of hydrogen-bond acceptors (Lipinski definition) is 5. The van der Waals surface area contributed by atoms with Crippen LogP contribution in [0.5, 0.6) is 0 Å². The van der Waals surface area contributed by atoms with Crippen LogP contribution >= 0.6 is 11.3 Å². The van der Waals surface area contributed by atoms with E-state index < -0.39 is 0 Å². The Labute approximate surface area is 179 Å². The van der Waals surface area contributed by atoms with Crippen LogP contribution in [0.15, 0.2) is 54.0 Å². The highest BCUT2D eigenvalue weighted by molar-refractivity contribution is 7.16. The van der Waals surface area contributed by atoms with Gasteiger partial charge in [0.25, 0.3) is 5.91 Å². The third kappa shape index (κ3) is 3.33. The first-order valence-electron chi connectivity index (χ1n) is 10.3. The molecule has 3 aromatic rings. The predicted molar refractivity (Wildman–Crippen MR) is 116 cm³/mol. The van der Waals surface area contributed by atoms with Crippen LogP contribution in [0, 0.1) is 0 Å². The molecule has 2 fully saturated rings. The normalized spacial score (nSPS) is 22.5. The summed E-state index contributed by atoms with van der Waals surface area (Å²) in [6.45, 7) is 3.32. The lowest BCUT2D eigenvalue weighted by Gasteiger charge is -2.37. The molecule has 154 valence electrons. The zero-order chi connectivity index (χ0) is 20.7. The highest BCUT2D eigenvalue weighted by atomic mass is 32.1. The van der Waals surface area contributed by atoms with Crippen molar-refractivity contribution in [3.05, 3.63) is 65.2 Å². The monoisotopic (exact) mass is 421 g/mol. The Kier molecular flexibility index (Phi) is 4.90. The second kappa shape index (κ2) is 7.72. The standard InChI is InChI=1S/C23H23N3O3S/c1-15-21(16-5-3-2-4-6-16)29-23(28)26(15)18-9-11-25(12-10-18)22(27)17-7-8-19-20(13-17)30-14-24-19/h2-8,13-15,18,21H,9-12H2,1H3. The number of benzene rings is 2. The minimum Gasteiger partial charge on any atom is -0.439 e. The number of rotatable bonds is 3. The summed E-state index contributed by atoms with van der Waals surface area (Å²) in [6, 6.07) is 15.6. The second-order valence-corrected chi connectivity index (χ2v) is 8.81. The number of aromatic nitrogens is 1. The Bertz CT molecular complexity index is 1080. The molecule has 0 bridgehead atoms. The van der Waals surface area contributed by atoms with E-state index in [1.165, 1.54) is 0 Å². The van der Waals surface area contributed by atoms with Gasteiger partial charge in [-0.3, -0.25) is 9.69 Å². The van der Waals surface area contributed by atoms with Gasteiger partial charge in [0.05, 0.1) is 21.8 Å². The van der Waals surface area contributed by atoms with Gasteiger partial charge < -0.3 is 9.64 Å². The van der Waals surface area contributed by atoms with Gasteiger partial charge in [-0.05, 0) is 43.5 Å². The summed E-state index contributed by atoms with van der Waals surface area (Å²) in [7, 11) is 0. The molecule has 0 N–H and O–H groups in total. The Morgan fingerprint density at radius 1 is 1.13 bits per heavy atom. The summed E-state index contributed by atoms with van der Waals surface area (Å²) < 4.78 is 6.73. The molecule has 6 nitrogen and oxygen atoms in total. The van der Waals surface area contributed by atoms with E-state index in [9.17, 15) is 9.59 Å². The van der Waals surface area contributed by atoms with E-state index in [2.05, 4.69) is 4.98 Å². The maximum atomic E-state index is 13.0. The fourth-order valence-electron chi connectivity index (χ4n) is 4.57. The number of likely N-dealkylation sites (tertiary alicyclic amines) is 1. The molecule has 0 spiro atoms. The zero-order valence-electron chi connectivity index (χ0n) is 16.7. The van der Waals surface area contributed by atoms with E-state index in [1.807, 2.05) is 65.3 Å². The lowest BCUT2D eigenvalue weighted by molar-refractivity contribution is 0.0640. The molecule has 2 atom stereocenters. The van der Waals surface area contributed by atoms with Crippen molar-refractivity contribution >= 4 is 33.6 Å².